The normalized spacial score (nSPS) is 12.9. The maximum absolute atomic E-state index is 12.4. The van der Waals surface area contributed by atoms with E-state index < -0.39 is 31.3 Å². The molecule has 0 spiro atoms. The topological polar surface area (TPSA) is 70.3 Å². The van der Waals surface area contributed by atoms with E-state index in [0.717, 1.165) is 12.1 Å². The van der Waals surface area contributed by atoms with E-state index >= 15 is 0 Å². The summed E-state index contributed by atoms with van der Waals surface area (Å²) in [5.41, 5.74) is -1.77. The fourth-order valence-electron chi connectivity index (χ4n) is 1.02. The first kappa shape index (κ1) is 12.6. The molecule has 0 heterocycles. The van der Waals surface area contributed by atoms with Gasteiger partial charge >= 0.3 is 14.4 Å². The van der Waals surface area contributed by atoms with Gasteiger partial charge in [-0.15, -0.1) is 0 Å². The summed E-state index contributed by atoms with van der Waals surface area (Å²) in [5, 5.41) is 8.46. The molecular formula is C8H5F3NO3P. The zero-order valence-electron chi connectivity index (χ0n) is 7.58. The van der Waals surface area contributed by atoms with E-state index in [1.54, 1.807) is 0 Å². The first-order valence-corrected chi connectivity index (χ1v) is 5.13. The zero-order valence-corrected chi connectivity index (χ0v) is 8.58. The lowest BCUT2D eigenvalue weighted by Crippen LogP contribution is -2.07. The van der Waals surface area contributed by atoms with E-state index in [9.17, 15) is 17.7 Å². The molecule has 0 aliphatic heterocycles. The van der Waals surface area contributed by atoms with Gasteiger partial charge in [-0.1, -0.05) is 0 Å². The van der Waals surface area contributed by atoms with Crippen LogP contribution in [0.1, 0.15) is 11.1 Å². The second-order valence-electron chi connectivity index (χ2n) is 2.68. The van der Waals surface area contributed by atoms with Crippen LogP contribution >= 0.6 is 8.25 Å². The summed E-state index contributed by atoms with van der Waals surface area (Å²) in [4.78, 5) is 8.40. The fourth-order valence-corrected chi connectivity index (χ4v) is 1.35. The molecular weight excluding hydrogens is 246 g/mol. The van der Waals surface area contributed by atoms with Crippen LogP contribution in [0.15, 0.2) is 18.2 Å². The van der Waals surface area contributed by atoms with Gasteiger partial charge in [-0.2, -0.15) is 18.4 Å². The Hall–Kier alpha value is -1.51. The van der Waals surface area contributed by atoms with Crippen molar-refractivity contribution in [3.63, 3.8) is 0 Å². The van der Waals surface area contributed by atoms with Crippen LogP contribution in [0.4, 0.5) is 13.2 Å². The highest BCUT2D eigenvalue weighted by Crippen LogP contribution is 2.35. The number of nitriles is 1. The Morgan fingerprint density at radius 3 is 2.50 bits per heavy atom. The maximum atomic E-state index is 12.4. The summed E-state index contributed by atoms with van der Waals surface area (Å²) >= 11 is 0. The minimum atomic E-state index is -4.71. The summed E-state index contributed by atoms with van der Waals surface area (Å²) in [7, 11) is -3.37. The van der Waals surface area contributed by atoms with Gasteiger partial charge < -0.3 is 9.42 Å². The summed E-state index contributed by atoms with van der Waals surface area (Å²) in [6.45, 7) is 0. The highest BCUT2D eigenvalue weighted by atomic mass is 31.1. The fraction of sp³-hybridized carbons (Fsp3) is 0.125. The number of nitrogens with zero attached hydrogens (tertiary/aromatic N) is 1. The summed E-state index contributed by atoms with van der Waals surface area (Å²) in [6, 6.07) is 3.78. The molecule has 8 heteroatoms. The molecule has 1 unspecified atom stereocenters. The van der Waals surface area contributed by atoms with Crippen molar-refractivity contribution < 1.29 is 27.2 Å². The van der Waals surface area contributed by atoms with Crippen molar-refractivity contribution in [2.75, 3.05) is 0 Å². The lowest BCUT2D eigenvalue weighted by Gasteiger charge is -2.10. The Kier molecular flexibility index (Phi) is 3.58. The van der Waals surface area contributed by atoms with Crippen molar-refractivity contribution >= 4 is 8.25 Å². The molecule has 0 aromatic heterocycles. The van der Waals surface area contributed by atoms with Gasteiger partial charge in [0.05, 0.1) is 17.2 Å². The highest BCUT2D eigenvalue weighted by molar-refractivity contribution is 7.32. The van der Waals surface area contributed by atoms with Crippen molar-refractivity contribution in [3.8, 4) is 11.8 Å². The monoisotopic (exact) mass is 251 g/mol. The molecule has 0 radical (unpaired) electrons. The zero-order chi connectivity index (χ0) is 12.3. The Morgan fingerprint density at radius 1 is 1.44 bits per heavy atom. The Morgan fingerprint density at radius 2 is 2.06 bits per heavy atom. The van der Waals surface area contributed by atoms with Gasteiger partial charge in [-0.25, -0.2) is 4.57 Å². The average Bonchev–Trinajstić information content (AvgIpc) is 2.15. The molecule has 0 amide bonds. The van der Waals surface area contributed by atoms with Crippen molar-refractivity contribution in [2.45, 2.75) is 6.18 Å². The molecule has 0 saturated heterocycles. The van der Waals surface area contributed by atoms with Gasteiger partial charge in [0.15, 0.2) is 0 Å². The first-order valence-electron chi connectivity index (χ1n) is 3.86. The quantitative estimate of drug-likeness (QED) is 0.819. The first-order chi connectivity index (χ1) is 7.34. The number of halogens is 3. The molecule has 16 heavy (non-hydrogen) atoms. The minimum Gasteiger partial charge on any atom is -0.426 e. The highest BCUT2D eigenvalue weighted by Gasteiger charge is 2.34. The van der Waals surface area contributed by atoms with E-state index in [4.69, 9.17) is 10.2 Å². The van der Waals surface area contributed by atoms with Gasteiger partial charge in [0, 0.05) is 0 Å². The molecule has 0 aliphatic carbocycles. The molecule has 1 aromatic carbocycles. The van der Waals surface area contributed by atoms with Gasteiger partial charge in [0.2, 0.25) is 0 Å². The number of alkyl halides is 3. The van der Waals surface area contributed by atoms with E-state index in [2.05, 4.69) is 4.52 Å². The SMILES string of the molecule is N#Cc1ccc(O[PH](=O)O)cc1C(F)(F)F. The van der Waals surface area contributed by atoms with Crippen molar-refractivity contribution in [1.29, 1.82) is 5.26 Å². The average molecular weight is 251 g/mol. The molecule has 4 nitrogen and oxygen atoms in total. The summed E-state index contributed by atoms with van der Waals surface area (Å²) < 4.78 is 51.8. The second-order valence-corrected chi connectivity index (χ2v) is 3.42. The van der Waals surface area contributed by atoms with Crippen LogP contribution in [0.2, 0.25) is 0 Å². The number of hydrogen-bond acceptors (Lipinski definition) is 3. The lowest BCUT2D eigenvalue weighted by molar-refractivity contribution is -0.137. The van der Waals surface area contributed by atoms with Gasteiger partial charge in [0.1, 0.15) is 5.75 Å². The number of hydrogen-bond donors (Lipinski definition) is 1. The number of rotatable bonds is 2. The predicted octanol–water partition coefficient (Wildman–Crippen LogP) is 2.34. The van der Waals surface area contributed by atoms with Crippen LogP contribution in [0, 0.1) is 11.3 Å². The molecule has 1 aromatic rings. The van der Waals surface area contributed by atoms with E-state index in [1.165, 1.54) is 6.07 Å². The van der Waals surface area contributed by atoms with E-state index in [0.29, 0.717) is 6.07 Å². The smallest absolute Gasteiger partial charge is 0.417 e. The van der Waals surface area contributed by atoms with Crippen molar-refractivity contribution in [2.24, 2.45) is 0 Å². The lowest BCUT2D eigenvalue weighted by atomic mass is 10.1. The third-order valence-corrected chi connectivity index (χ3v) is 2.03. The third kappa shape index (κ3) is 2.99. The Balaban J connectivity index is 3.23. The van der Waals surface area contributed by atoms with Crippen LogP contribution in [0.3, 0.4) is 0 Å². The van der Waals surface area contributed by atoms with Gasteiger partial charge in [-0.3, -0.25) is 0 Å². The Labute approximate surface area is 88.8 Å². The van der Waals surface area contributed by atoms with E-state index in [-0.39, 0.29) is 0 Å². The molecule has 0 aliphatic rings. The summed E-state index contributed by atoms with van der Waals surface area (Å²) in [6.07, 6.45) is -4.71. The maximum Gasteiger partial charge on any atom is 0.417 e. The molecule has 0 saturated carbocycles. The van der Waals surface area contributed by atoms with Gasteiger partial charge in [-0.05, 0) is 18.2 Å². The van der Waals surface area contributed by atoms with Crippen LogP contribution in [0.5, 0.6) is 5.75 Å². The van der Waals surface area contributed by atoms with Gasteiger partial charge in [0.25, 0.3) is 0 Å². The van der Waals surface area contributed by atoms with Crippen molar-refractivity contribution in [3.05, 3.63) is 29.3 Å². The molecule has 0 fully saturated rings. The second kappa shape index (κ2) is 4.56. The number of benzene rings is 1. The predicted molar refractivity (Wildman–Crippen MR) is 48.0 cm³/mol. The van der Waals surface area contributed by atoms with Crippen molar-refractivity contribution in [1.82, 2.24) is 0 Å². The Bertz CT molecular complexity index is 467. The molecule has 1 rings (SSSR count). The van der Waals surface area contributed by atoms with Crippen LogP contribution in [-0.2, 0) is 10.7 Å². The standard InChI is InChI=1S/C8H5F3NO3P/c9-8(10,11)7-3-6(15-16(13)14)2-1-5(7)4-12/h1-3,16H,(H,13,14). The molecule has 1 N–H and O–H groups in total. The molecule has 1 atom stereocenters. The summed E-state index contributed by atoms with van der Waals surface area (Å²) in [5.74, 6) is -0.405. The van der Waals surface area contributed by atoms with Crippen LogP contribution in [0.25, 0.3) is 0 Å². The van der Waals surface area contributed by atoms with Crippen LogP contribution < -0.4 is 4.52 Å². The minimum absolute atomic E-state index is 0.405. The van der Waals surface area contributed by atoms with E-state index in [1.807, 2.05) is 0 Å². The molecule has 86 valence electrons. The third-order valence-electron chi connectivity index (χ3n) is 1.62. The largest absolute Gasteiger partial charge is 0.426 e. The molecule has 0 bridgehead atoms. The van der Waals surface area contributed by atoms with Crippen LogP contribution in [-0.4, -0.2) is 4.89 Å².